The van der Waals surface area contributed by atoms with Gasteiger partial charge in [0.15, 0.2) is 11.5 Å². The number of alkyl halides is 3. The van der Waals surface area contributed by atoms with Gasteiger partial charge in [0.05, 0.1) is 5.56 Å². The Morgan fingerprint density at radius 2 is 1.86 bits per heavy atom. The van der Waals surface area contributed by atoms with E-state index in [4.69, 9.17) is 17.3 Å². The van der Waals surface area contributed by atoms with E-state index >= 15 is 0 Å². The van der Waals surface area contributed by atoms with E-state index in [1.54, 1.807) is 0 Å². The zero-order valence-corrected chi connectivity index (χ0v) is 11.6. The van der Waals surface area contributed by atoms with Crippen molar-refractivity contribution < 1.29 is 22.0 Å². The smallest absolute Gasteiger partial charge is 0.392 e. The number of rotatable bonds is 1. The van der Waals surface area contributed by atoms with Crippen molar-refractivity contribution in [3.8, 4) is 11.4 Å². The van der Waals surface area contributed by atoms with Gasteiger partial charge in [-0.15, -0.1) is 0 Å². The number of benzene rings is 1. The summed E-state index contributed by atoms with van der Waals surface area (Å²) in [6.45, 7) is 0. The third-order valence-electron chi connectivity index (χ3n) is 2.87. The third kappa shape index (κ3) is 2.52. The summed E-state index contributed by atoms with van der Waals surface area (Å²) in [5, 5.41) is -0.919. The summed E-state index contributed by atoms with van der Waals surface area (Å²) < 4.78 is 66.2. The van der Waals surface area contributed by atoms with Crippen molar-refractivity contribution in [2.75, 3.05) is 5.73 Å². The molecule has 0 saturated heterocycles. The van der Waals surface area contributed by atoms with E-state index < -0.39 is 51.2 Å². The second kappa shape index (κ2) is 5.24. The lowest BCUT2D eigenvalue weighted by Gasteiger charge is -2.14. The first-order valence-electron chi connectivity index (χ1n) is 5.63. The van der Waals surface area contributed by atoms with Crippen LogP contribution in [0.1, 0.15) is 5.69 Å². The van der Waals surface area contributed by atoms with Crippen molar-refractivity contribution in [1.29, 1.82) is 0 Å². The minimum atomic E-state index is -5.01. The van der Waals surface area contributed by atoms with E-state index in [0.29, 0.717) is 4.57 Å². The van der Waals surface area contributed by atoms with Crippen molar-refractivity contribution in [3.05, 3.63) is 44.8 Å². The first-order chi connectivity index (χ1) is 10.1. The highest BCUT2D eigenvalue weighted by Crippen LogP contribution is 2.33. The maximum Gasteiger partial charge on any atom is 0.435 e. The van der Waals surface area contributed by atoms with E-state index in [-0.39, 0.29) is 0 Å². The van der Waals surface area contributed by atoms with Crippen molar-refractivity contribution in [2.24, 2.45) is 7.05 Å². The highest BCUT2D eigenvalue weighted by Gasteiger charge is 2.37. The molecule has 1 heterocycles. The van der Waals surface area contributed by atoms with Crippen LogP contribution in [0.3, 0.4) is 0 Å². The quantitative estimate of drug-likeness (QED) is 0.642. The van der Waals surface area contributed by atoms with Gasteiger partial charge in [0.25, 0.3) is 5.56 Å². The summed E-state index contributed by atoms with van der Waals surface area (Å²) in [6, 6.07) is 1.57. The van der Waals surface area contributed by atoms with E-state index in [1.165, 1.54) is 0 Å². The van der Waals surface area contributed by atoms with Crippen LogP contribution in [0.25, 0.3) is 11.4 Å². The third-order valence-corrected chi connectivity index (χ3v) is 3.22. The molecule has 1 aromatic carbocycles. The van der Waals surface area contributed by atoms with Crippen LogP contribution in [-0.2, 0) is 13.2 Å². The van der Waals surface area contributed by atoms with Crippen LogP contribution in [0.5, 0.6) is 0 Å². The Morgan fingerprint density at radius 3 is 2.41 bits per heavy atom. The largest absolute Gasteiger partial charge is 0.435 e. The molecule has 4 nitrogen and oxygen atoms in total. The minimum absolute atomic E-state index is 0.559. The number of nitrogens with zero attached hydrogens (tertiary/aromatic N) is 2. The normalized spacial score (nSPS) is 11.8. The molecule has 0 atom stereocenters. The van der Waals surface area contributed by atoms with Crippen LogP contribution < -0.4 is 11.3 Å². The Balaban J connectivity index is 2.86. The number of nitrogens with two attached hydrogens (primary N) is 1. The zero-order valence-electron chi connectivity index (χ0n) is 10.8. The molecule has 2 aromatic rings. The molecule has 0 aliphatic carbocycles. The lowest BCUT2D eigenvalue weighted by molar-refractivity contribution is -0.140. The van der Waals surface area contributed by atoms with Crippen LogP contribution in [0, 0.1) is 11.6 Å². The van der Waals surface area contributed by atoms with Crippen molar-refractivity contribution in [2.45, 2.75) is 6.18 Å². The van der Waals surface area contributed by atoms with Crippen LogP contribution in [0.4, 0.5) is 27.6 Å². The monoisotopic (exact) mass is 339 g/mol. The van der Waals surface area contributed by atoms with Crippen LogP contribution in [0.15, 0.2) is 16.9 Å². The molecule has 0 aliphatic heterocycles. The summed E-state index contributed by atoms with van der Waals surface area (Å²) in [5.74, 6) is -3.10. The molecule has 0 amide bonds. The molecule has 118 valence electrons. The van der Waals surface area contributed by atoms with Crippen molar-refractivity contribution in [3.63, 3.8) is 0 Å². The fourth-order valence-corrected chi connectivity index (χ4v) is 1.94. The topological polar surface area (TPSA) is 60.9 Å². The Hall–Kier alpha value is -2.16. The maximum atomic E-state index is 13.9. The van der Waals surface area contributed by atoms with Crippen LogP contribution in [0.2, 0.25) is 5.02 Å². The Bertz CT molecular complexity index is 816. The Labute approximate surface area is 125 Å². The van der Waals surface area contributed by atoms with Crippen LogP contribution in [-0.4, -0.2) is 9.55 Å². The van der Waals surface area contributed by atoms with Crippen molar-refractivity contribution >= 4 is 17.3 Å². The Morgan fingerprint density at radius 1 is 1.27 bits per heavy atom. The average molecular weight is 340 g/mol. The highest BCUT2D eigenvalue weighted by molar-refractivity contribution is 6.31. The van der Waals surface area contributed by atoms with E-state index in [0.717, 1.165) is 19.2 Å². The minimum Gasteiger partial charge on any atom is -0.392 e. The van der Waals surface area contributed by atoms with Gasteiger partial charge in [0.2, 0.25) is 0 Å². The summed E-state index contributed by atoms with van der Waals surface area (Å²) in [6.07, 6.45) is -5.01. The Kier molecular flexibility index (Phi) is 3.86. The molecule has 1 aromatic heterocycles. The van der Waals surface area contributed by atoms with Gasteiger partial charge >= 0.3 is 6.18 Å². The molecule has 2 rings (SSSR count). The molecule has 0 saturated carbocycles. The average Bonchev–Trinajstić information content (AvgIpc) is 2.42. The van der Waals surface area contributed by atoms with Gasteiger partial charge in [-0.25, -0.2) is 13.8 Å². The number of anilines is 1. The molecule has 0 aliphatic rings. The fraction of sp³-hybridized carbons (Fsp3) is 0.167. The van der Waals surface area contributed by atoms with Gasteiger partial charge in [-0.2, -0.15) is 13.2 Å². The van der Waals surface area contributed by atoms with Gasteiger partial charge in [0, 0.05) is 7.05 Å². The number of halogens is 6. The molecule has 0 fully saturated rings. The lowest BCUT2D eigenvalue weighted by Crippen LogP contribution is -2.28. The summed E-state index contributed by atoms with van der Waals surface area (Å²) >= 11 is 5.37. The second-order valence-electron chi connectivity index (χ2n) is 4.28. The predicted molar refractivity (Wildman–Crippen MR) is 69.3 cm³/mol. The van der Waals surface area contributed by atoms with Crippen LogP contribution >= 0.6 is 11.6 Å². The molecule has 0 radical (unpaired) electrons. The van der Waals surface area contributed by atoms with Gasteiger partial charge in [0.1, 0.15) is 22.4 Å². The molecular weight excluding hydrogens is 333 g/mol. The first kappa shape index (κ1) is 16.2. The fourth-order valence-electron chi connectivity index (χ4n) is 1.77. The van der Waals surface area contributed by atoms with E-state index in [2.05, 4.69) is 4.98 Å². The molecule has 10 heteroatoms. The highest BCUT2D eigenvalue weighted by atomic mass is 35.5. The maximum absolute atomic E-state index is 13.9. The SMILES string of the molecule is Cn1c(-c2ccc(F)c(Cl)c2F)nc(C(F)(F)F)c(N)c1=O. The van der Waals surface area contributed by atoms with Gasteiger partial charge in [-0.3, -0.25) is 9.36 Å². The number of nitrogen functional groups attached to an aromatic ring is 1. The van der Waals surface area contributed by atoms with Crippen molar-refractivity contribution in [1.82, 2.24) is 9.55 Å². The number of hydrogen-bond acceptors (Lipinski definition) is 3. The van der Waals surface area contributed by atoms with Gasteiger partial charge in [-0.05, 0) is 12.1 Å². The number of aromatic nitrogens is 2. The first-order valence-corrected chi connectivity index (χ1v) is 6.01. The summed E-state index contributed by atoms with van der Waals surface area (Å²) in [7, 11) is 1.05. The summed E-state index contributed by atoms with van der Waals surface area (Å²) in [4.78, 5) is 15.0. The summed E-state index contributed by atoms with van der Waals surface area (Å²) in [5.41, 5.74) is 0.577. The molecule has 2 N–H and O–H groups in total. The van der Waals surface area contributed by atoms with E-state index in [9.17, 15) is 26.7 Å². The molecule has 22 heavy (non-hydrogen) atoms. The van der Waals surface area contributed by atoms with E-state index in [1.807, 2.05) is 0 Å². The molecular formula is C12H7ClF5N3O. The number of hydrogen-bond donors (Lipinski definition) is 1. The molecule has 0 bridgehead atoms. The zero-order chi connectivity index (χ0) is 16.8. The molecule has 0 unspecified atom stereocenters. The van der Waals surface area contributed by atoms with Gasteiger partial charge < -0.3 is 5.73 Å². The standard InChI is InChI=1S/C12H7ClF5N3O/c1-21-10(4-2-3-5(14)6(13)7(4)15)20-9(12(16,17)18)8(19)11(21)22/h2-3H,19H2,1H3. The lowest BCUT2D eigenvalue weighted by atomic mass is 10.1. The second-order valence-corrected chi connectivity index (χ2v) is 4.66. The van der Waals surface area contributed by atoms with Gasteiger partial charge in [-0.1, -0.05) is 11.6 Å². The predicted octanol–water partition coefficient (Wildman–Crippen LogP) is 2.98. The molecule has 0 spiro atoms.